The molecule has 5 aromatic rings. The normalized spacial score (nSPS) is 13.9. The minimum absolute atomic E-state index is 0.144. The number of morpholine rings is 1. The number of benzene rings is 3. The number of fused-ring (bicyclic) bond motifs is 2. The van der Waals surface area contributed by atoms with Crippen LogP contribution in [0, 0.1) is 0 Å². The van der Waals surface area contributed by atoms with Crippen molar-refractivity contribution in [2.45, 2.75) is 0 Å². The molecule has 0 bridgehead atoms. The van der Waals surface area contributed by atoms with E-state index >= 15 is 0 Å². The molecule has 0 saturated carbocycles. The first kappa shape index (κ1) is 26.2. The zero-order valence-electron chi connectivity index (χ0n) is 21.0. The van der Waals surface area contributed by atoms with Gasteiger partial charge in [0.05, 0.1) is 30.3 Å². The SMILES string of the molecule is O=C(COc1ccc(Cl)cc1C=Nn1c(-c2cc3cc(Br)ccc3o2)nc2ccccc2c1=O)N1CCOCC1. The highest BCUT2D eigenvalue weighted by Gasteiger charge is 2.19. The Hall–Kier alpha value is -3.99. The quantitative estimate of drug-likeness (QED) is 0.237. The van der Waals surface area contributed by atoms with Gasteiger partial charge in [-0.25, -0.2) is 4.98 Å². The third-order valence-corrected chi connectivity index (χ3v) is 7.18. The van der Waals surface area contributed by atoms with Crippen LogP contribution in [0.5, 0.6) is 5.75 Å². The van der Waals surface area contributed by atoms with Crippen molar-refractivity contribution >= 4 is 61.5 Å². The Morgan fingerprint density at radius 1 is 1.10 bits per heavy atom. The second-order valence-electron chi connectivity index (χ2n) is 9.07. The molecule has 6 rings (SSSR count). The predicted molar refractivity (Wildman–Crippen MR) is 156 cm³/mol. The van der Waals surface area contributed by atoms with Crippen LogP contribution in [0.25, 0.3) is 33.5 Å². The molecule has 0 N–H and O–H groups in total. The first-order valence-corrected chi connectivity index (χ1v) is 13.7. The van der Waals surface area contributed by atoms with Gasteiger partial charge >= 0.3 is 0 Å². The van der Waals surface area contributed by atoms with E-state index in [2.05, 4.69) is 21.0 Å². The van der Waals surface area contributed by atoms with Crippen LogP contribution in [0.3, 0.4) is 0 Å². The summed E-state index contributed by atoms with van der Waals surface area (Å²) in [7, 11) is 0. The van der Waals surface area contributed by atoms with Gasteiger partial charge in [-0.3, -0.25) is 9.59 Å². The van der Waals surface area contributed by atoms with Crippen LogP contribution in [-0.4, -0.2) is 59.6 Å². The number of hydrogen-bond donors (Lipinski definition) is 0. The van der Waals surface area contributed by atoms with Crippen molar-refractivity contribution in [2.24, 2.45) is 5.10 Å². The van der Waals surface area contributed by atoms with E-state index < -0.39 is 0 Å². The van der Waals surface area contributed by atoms with Crippen molar-refractivity contribution in [3.8, 4) is 17.3 Å². The molecule has 1 aliphatic rings. The van der Waals surface area contributed by atoms with Crippen LogP contribution in [0.2, 0.25) is 5.02 Å². The minimum atomic E-state index is -0.370. The second-order valence-corrected chi connectivity index (χ2v) is 10.4. The molecule has 202 valence electrons. The zero-order valence-corrected chi connectivity index (χ0v) is 23.4. The average molecular weight is 622 g/mol. The Kier molecular flexibility index (Phi) is 7.38. The maximum Gasteiger partial charge on any atom is 0.282 e. The highest BCUT2D eigenvalue weighted by Crippen LogP contribution is 2.29. The summed E-state index contributed by atoms with van der Waals surface area (Å²) in [5.41, 5.74) is 1.28. The summed E-state index contributed by atoms with van der Waals surface area (Å²) in [6.07, 6.45) is 1.46. The maximum atomic E-state index is 13.6. The molecule has 1 aliphatic heterocycles. The van der Waals surface area contributed by atoms with Crippen molar-refractivity contribution in [3.05, 3.63) is 92.1 Å². The number of halogens is 2. The van der Waals surface area contributed by atoms with Crippen LogP contribution >= 0.6 is 27.5 Å². The Labute approximate surface area is 241 Å². The molecule has 3 aromatic carbocycles. The van der Waals surface area contributed by atoms with Gasteiger partial charge in [0, 0.05) is 33.5 Å². The summed E-state index contributed by atoms with van der Waals surface area (Å²) in [5, 5.41) is 6.20. The van der Waals surface area contributed by atoms with E-state index in [1.807, 2.05) is 30.3 Å². The molecular weight excluding hydrogens is 600 g/mol. The monoisotopic (exact) mass is 620 g/mol. The zero-order chi connectivity index (χ0) is 27.6. The Morgan fingerprint density at radius 3 is 2.77 bits per heavy atom. The number of carbonyl (C=O) groups excluding carboxylic acids is 1. The van der Waals surface area contributed by atoms with Gasteiger partial charge in [-0.15, -0.1) is 0 Å². The summed E-state index contributed by atoms with van der Waals surface area (Å²) in [4.78, 5) is 32.6. The molecule has 0 aliphatic carbocycles. The highest BCUT2D eigenvalue weighted by molar-refractivity contribution is 9.10. The molecule has 2 aromatic heterocycles. The third-order valence-electron chi connectivity index (χ3n) is 6.45. The van der Waals surface area contributed by atoms with Gasteiger partial charge < -0.3 is 18.8 Å². The number of furan rings is 1. The second kappa shape index (κ2) is 11.2. The van der Waals surface area contributed by atoms with Crippen LogP contribution in [0.4, 0.5) is 0 Å². The Balaban J connectivity index is 1.39. The molecule has 11 heteroatoms. The number of amides is 1. The number of para-hydroxylation sites is 1. The van der Waals surface area contributed by atoms with Gasteiger partial charge in [-0.05, 0) is 54.6 Å². The van der Waals surface area contributed by atoms with Gasteiger partial charge in [0.2, 0.25) is 5.82 Å². The van der Waals surface area contributed by atoms with E-state index in [-0.39, 0.29) is 23.9 Å². The van der Waals surface area contributed by atoms with Crippen LogP contribution in [0.1, 0.15) is 5.56 Å². The summed E-state index contributed by atoms with van der Waals surface area (Å²) in [5.74, 6) is 0.868. The third kappa shape index (κ3) is 5.38. The molecule has 1 fully saturated rings. The fourth-order valence-electron chi connectivity index (χ4n) is 4.43. The lowest BCUT2D eigenvalue weighted by atomic mass is 10.2. The number of hydrogen-bond acceptors (Lipinski definition) is 7. The largest absolute Gasteiger partial charge is 0.483 e. The van der Waals surface area contributed by atoms with E-state index in [4.69, 9.17) is 30.5 Å². The first-order chi connectivity index (χ1) is 19.5. The number of ether oxygens (including phenoxy) is 2. The van der Waals surface area contributed by atoms with Crippen molar-refractivity contribution in [1.82, 2.24) is 14.6 Å². The van der Waals surface area contributed by atoms with E-state index in [9.17, 15) is 9.59 Å². The molecule has 1 amide bonds. The number of aromatic nitrogens is 2. The Bertz CT molecular complexity index is 1830. The number of nitrogens with zero attached hydrogens (tertiary/aromatic N) is 4. The first-order valence-electron chi connectivity index (χ1n) is 12.5. The van der Waals surface area contributed by atoms with Crippen molar-refractivity contribution in [3.63, 3.8) is 0 Å². The van der Waals surface area contributed by atoms with E-state index in [1.165, 1.54) is 10.9 Å². The van der Waals surface area contributed by atoms with Gasteiger partial charge in [0.25, 0.3) is 11.5 Å². The van der Waals surface area contributed by atoms with E-state index in [0.29, 0.717) is 64.9 Å². The molecule has 0 unspecified atom stereocenters. The summed E-state index contributed by atoms with van der Waals surface area (Å²) in [6.45, 7) is 1.90. The molecule has 3 heterocycles. The molecule has 0 atom stereocenters. The predicted octanol–water partition coefficient (Wildman–Crippen LogP) is 5.35. The van der Waals surface area contributed by atoms with Crippen LogP contribution in [0.15, 0.2) is 85.5 Å². The average Bonchev–Trinajstić information content (AvgIpc) is 3.39. The lowest BCUT2D eigenvalue weighted by Gasteiger charge is -2.26. The fraction of sp³-hybridized carbons (Fsp3) is 0.172. The van der Waals surface area contributed by atoms with Crippen LogP contribution < -0.4 is 10.3 Å². The van der Waals surface area contributed by atoms with E-state index in [1.54, 1.807) is 41.3 Å². The highest BCUT2D eigenvalue weighted by atomic mass is 79.9. The van der Waals surface area contributed by atoms with Crippen LogP contribution in [-0.2, 0) is 9.53 Å². The standard InChI is InChI=1S/C29H22BrClN4O5/c30-20-5-7-25-18(13-20)15-26(40-25)28-33-23-4-2-1-3-22(23)29(37)35(28)32-16-19-14-21(31)6-8-24(19)39-17-27(36)34-9-11-38-12-10-34/h1-8,13-16H,9-12,17H2. The molecule has 0 spiro atoms. The fourth-order valence-corrected chi connectivity index (χ4v) is 4.99. The lowest BCUT2D eigenvalue weighted by molar-refractivity contribution is -0.137. The van der Waals surface area contributed by atoms with Crippen molar-refractivity contribution in [1.29, 1.82) is 0 Å². The van der Waals surface area contributed by atoms with Gasteiger partial charge in [-0.1, -0.05) is 39.7 Å². The molecular formula is C29H22BrClN4O5. The number of rotatable bonds is 6. The Morgan fingerprint density at radius 2 is 1.93 bits per heavy atom. The lowest BCUT2D eigenvalue weighted by Crippen LogP contribution is -2.43. The minimum Gasteiger partial charge on any atom is -0.483 e. The summed E-state index contributed by atoms with van der Waals surface area (Å²) in [6, 6.07) is 19.5. The van der Waals surface area contributed by atoms with E-state index in [0.717, 1.165) is 9.86 Å². The molecule has 9 nitrogen and oxygen atoms in total. The molecule has 40 heavy (non-hydrogen) atoms. The molecule has 1 saturated heterocycles. The van der Waals surface area contributed by atoms with Gasteiger partial charge in [-0.2, -0.15) is 9.78 Å². The maximum absolute atomic E-state index is 13.6. The molecule has 0 radical (unpaired) electrons. The van der Waals surface area contributed by atoms with Gasteiger partial charge in [0.15, 0.2) is 12.4 Å². The topological polar surface area (TPSA) is 99.2 Å². The summed E-state index contributed by atoms with van der Waals surface area (Å²) < 4.78 is 19.3. The van der Waals surface area contributed by atoms with Crippen molar-refractivity contribution in [2.75, 3.05) is 32.9 Å². The smallest absolute Gasteiger partial charge is 0.282 e. The summed E-state index contributed by atoms with van der Waals surface area (Å²) >= 11 is 9.75. The van der Waals surface area contributed by atoms with Crippen molar-refractivity contribution < 1.29 is 18.7 Å². The number of carbonyl (C=O) groups is 1. The van der Waals surface area contributed by atoms with Gasteiger partial charge in [0.1, 0.15) is 11.3 Å².